The molecule has 1 aliphatic rings. The lowest BCUT2D eigenvalue weighted by molar-refractivity contribution is -0.136. The number of carbonyl (C=O) groups is 1. The van der Waals surface area contributed by atoms with Crippen molar-refractivity contribution in [3.8, 4) is 0 Å². The number of hydrogen-bond acceptors (Lipinski definition) is 3. The fourth-order valence-corrected chi connectivity index (χ4v) is 3.16. The predicted molar refractivity (Wildman–Crippen MR) is 85.7 cm³/mol. The maximum atomic E-state index is 13.3. The molecule has 0 aliphatic heterocycles. The van der Waals surface area contributed by atoms with E-state index < -0.39 is 18.3 Å². The van der Waals surface area contributed by atoms with Gasteiger partial charge in [-0.2, -0.15) is 0 Å². The number of hydrogen-bond donors (Lipinski definition) is 1. The van der Waals surface area contributed by atoms with Gasteiger partial charge in [0.15, 0.2) is 0 Å². The predicted octanol–water partition coefficient (Wildman–Crippen LogP) is 2.71. The molecule has 24 heavy (non-hydrogen) atoms. The number of fused-ring (bicyclic) bond motifs is 1. The lowest BCUT2D eigenvalue weighted by Crippen LogP contribution is -2.36. The number of alkyl halides is 2. The second-order valence-corrected chi connectivity index (χ2v) is 6.18. The molecule has 7 heteroatoms. The molecule has 1 N–H and O–H groups in total. The topological polar surface area (TPSA) is 66.1 Å². The highest BCUT2D eigenvalue weighted by molar-refractivity contribution is 5.79. The number of aromatic nitrogens is 2. The largest absolute Gasteiger partial charge is 0.335 e. The molecule has 1 aromatic carbocycles. The molecule has 0 saturated heterocycles. The van der Waals surface area contributed by atoms with Gasteiger partial charge in [-0.25, -0.2) is 13.8 Å². The number of amides is 1. The first-order valence-electron chi connectivity index (χ1n) is 8.04. The van der Waals surface area contributed by atoms with Crippen molar-refractivity contribution in [3.05, 3.63) is 40.4 Å². The maximum absolute atomic E-state index is 13.3. The molecule has 0 spiro atoms. The van der Waals surface area contributed by atoms with E-state index in [2.05, 4.69) is 9.97 Å². The quantitative estimate of drug-likeness (QED) is 0.934. The number of aromatic amines is 1. The van der Waals surface area contributed by atoms with Gasteiger partial charge in [0.2, 0.25) is 11.8 Å². The van der Waals surface area contributed by atoms with Crippen molar-refractivity contribution in [1.82, 2.24) is 14.9 Å². The van der Waals surface area contributed by atoms with Gasteiger partial charge < -0.3 is 9.88 Å². The molecule has 1 aliphatic carbocycles. The molecule has 1 heterocycles. The van der Waals surface area contributed by atoms with Crippen LogP contribution in [0.25, 0.3) is 10.9 Å². The number of H-pyrrole nitrogens is 1. The van der Waals surface area contributed by atoms with E-state index in [9.17, 15) is 18.4 Å². The average molecular weight is 335 g/mol. The summed E-state index contributed by atoms with van der Waals surface area (Å²) in [4.78, 5) is 33.1. The van der Waals surface area contributed by atoms with Gasteiger partial charge >= 0.3 is 0 Å². The summed E-state index contributed by atoms with van der Waals surface area (Å²) in [6.45, 7) is 2.26. The molecule has 1 saturated carbocycles. The molecule has 1 atom stereocenters. The summed E-state index contributed by atoms with van der Waals surface area (Å²) >= 11 is 0. The first-order valence-corrected chi connectivity index (χ1v) is 8.04. The number of rotatable bonds is 4. The number of carbonyl (C=O) groups excluding carboxylic acids is 1. The first kappa shape index (κ1) is 16.5. The highest BCUT2D eigenvalue weighted by atomic mass is 19.3. The van der Waals surface area contributed by atoms with Gasteiger partial charge in [0.1, 0.15) is 5.82 Å². The molecule has 5 nitrogen and oxygen atoms in total. The lowest BCUT2D eigenvalue weighted by Gasteiger charge is -2.23. The molecular weight excluding hydrogens is 316 g/mol. The van der Waals surface area contributed by atoms with Crippen molar-refractivity contribution in [2.75, 3.05) is 6.54 Å². The Kier molecular flexibility index (Phi) is 4.34. The Bertz CT molecular complexity index is 819. The first-order chi connectivity index (χ1) is 11.4. The van der Waals surface area contributed by atoms with E-state index in [-0.39, 0.29) is 30.9 Å². The van der Waals surface area contributed by atoms with E-state index in [1.54, 1.807) is 31.2 Å². The molecular formula is C17H19F2N3O2. The van der Waals surface area contributed by atoms with E-state index in [1.807, 2.05) is 0 Å². The minimum atomic E-state index is -2.75. The van der Waals surface area contributed by atoms with Crippen LogP contribution in [-0.4, -0.2) is 33.2 Å². The molecule has 1 unspecified atom stereocenters. The van der Waals surface area contributed by atoms with Gasteiger partial charge in [0, 0.05) is 25.3 Å². The van der Waals surface area contributed by atoms with Crippen molar-refractivity contribution in [2.24, 2.45) is 5.92 Å². The zero-order valence-electron chi connectivity index (χ0n) is 13.4. The summed E-state index contributed by atoms with van der Waals surface area (Å²) < 4.78 is 26.7. The second-order valence-electron chi connectivity index (χ2n) is 6.18. The SMILES string of the molecule is CCN(Cc1nc2ccccc2c(=O)[nH]1)C(=O)C1CCC(F)(F)C1. The summed E-state index contributed by atoms with van der Waals surface area (Å²) in [5.74, 6) is -3.36. The Balaban J connectivity index is 1.80. The Labute approximate surface area is 137 Å². The molecule has 2 aromatic rings. The van der Waals surface area contributed by atoms with Crippen molar-refractivity contribution in [1.29, 1.82) is 0 Å². The van der Waals surface area contributed by atoms with Crippen LogP contribution in [0.4, 0.5) is 8.78 Å². The zero-order chi connectivity index (χ0) is 17.3. The molecule has 128 valence electrons. The van der Waals surface area contributed by atoms with Gasteiger partial charge in [-0.3, -0.25) is 9.59 Å². The maximum Gasteiger partial charge on any atom is 0.258 e. The summed E-state index contributed by atoms with van der Waals surface area (Å²) in [6, 6.07) is 6.93. The fraction of sp³-hybridized carbons (Fsp3) is 0.471. The van der Waals surface area contributed by atoms with Gasteiger partial charge in [-0.05, 0) is 25.5 Å². The molecule has 1 amide bonds. The number of halogens is 2. The normalized spacial score (nSPS) is 19.5. The van der Waals surface area contributed by atoms with E-state index >= 15 is 0 Å². The molecule has 1 aromatic heterocycles. The molecule has 3 rings (SSSR count). The standard InChI is InChI=1S/C17H19F2N3O2/c1-2-22(16(24)11-7-8-17(18,19)9-11)10-14-20-13-6-4-3-5-12(13)15(23)21-14/h3-6,11H,2,7-10H2,1H3,(H,20,21,23). The Morgan fingerprint density at radius 3 is 2.83 bits per heavy atom. The van der Waals surface area contributed by atoms with Crippen molar-refractivity contribution in [2.45, 2.75) is 38.7 Å². The highest BCUT2D eigenvalue weighted by Crippen LogP contribution is 2.39. The summed E-state index contributed by atoms with van der Waals surface area (Å²) in [7, 11) is 0. The van der Waals surface area contributed by atoms with Crippen LogP contribution in [0, 0.1) is 5.92 Å². The van der Waals surface area contributed by atoms with Crippen LogP contribution in [0.2, 0.25) is 0 Å². The third-order valence-corrected chi connectivity index (χ3v) is 4.45. The van der Waals surface area contributed by atoms with Gasteiger partial charge in [-0.15, -0.1) is 0 Å². The monoisotopic (exact) mass is 335 g/mol. The Morgan fingerprint density at radius 2 is 2.17 bits per heavy atom. The van der Waals surface area contributed by atoms with Crippen LogP contribution in [0.1, 0.15) is 32.0 Å². The lowest BCUT2D eigenvalue weighted by atomic mass is 10.1. The van der Waals surface area contributed by atoms with Gasteiger partial charge in [0.25, 0.3) is 5.56 Å². The average Bonchev–Trinajstić information content (AvgIpc) is 2.92. The number of benzene rings is 1. The van der Waals surface area contributed by atoms with E-state index in [4.69, 9.17) is 0 Å². The number of nitrogens with zero attached hydrogens (tertiary/aromatic N) is 2. The highest BCUT2D eigenvalue weighted by Gasteiger charge is 2.43. The van der Waals surface area contributed by atoms with Crippen LogP contribution in [0.5, 0.6) is 0 Å². The third kappa shape index (κ3) is 3.29. The van der Waals surface area contributed by atoms with Crippen molar-refractivity contribution >= 4 is 16.8 Å². The van der Waals surface area contributed by atoms with Crippen LogP contribution in [-0.2, 0) is 11.3 Å². The number of nitrogens with one attached hydrogen (secondary N) is 1. The summed E-state index contributed by atoms with van der Waals surface area (Å²) in [5, 5.41) is 0.478. The van der Waals surface area contributed by atoms with Gasteiger partial charge in [-0.1, -0.05) is 12.1 Å². The smallest absolute Gasteiger partial charge is 0.258 e. The van der Waals surface area contributed by atoms with Crippen molar-refractivity contribution < 1.29 is 13.6 Å². The Hall–Kier alpha value is -2.31. The second kappa shape index (κ2) is 6.30. The van der Waals surface area contributed by atoms with E-state index in [1.165, 1.54) is 4.90 Å². The summed E-state index contributed by atoms with van der Waals surface area (Å²) in [6.07, 6.45) is -0.444. The minimum absolute atomic E-state index is 0.109. The zero-order valence-corrected chi connectivity index (χ0v) is 13.4. The Morgan fingerprint density at radius 1 is 1.42 bits per heavy atom. The fourth-order valence-electron chi connectivity index (χ4n) is 3.16. The minimum Gasteiger partial charge on any atom is -0.335 e. The molecule has 0 bridgehead atoms. The van der Waals surface area contributed by atoms with Crippen LogP contribution >= 0.6 is 0 Å². The summed E-state index contributed by atoms with van der Waals surface area (Å²) in [5.41, 5.74) is 0.277. The molecule has 0 radical (unpaired) electrons. The van der Waals surface area contributed by atoms with Crippen LogP contribution in [0.15, 0.2) is 29.1 Å². The van der Waals surface area contributed by atoms with Crippen LogP contribution < -0.4 is 5.56 Å². The van der Waals surface area contributed by atoms with E-state index in [0.717, 1.165) is 0 Å². The third-order valence-electron chi connectivity index (χ3n) is 4.45. The molecule has 1 fully saturated rings. The van der Waals surface area contributed by atoms with E-state index in [0.29, 0.717) is 23.3 Å². The van der Waals surface area contributed by atoms with Crippen molar-refractivity contribution in [3.63, 3.8) is 0 Å². The van der Waals surface area contributed by atoms with Crippen LogP contribution in [0.3, 0.4) is 0 Å². The number of para-hydroxylation sites is 1. The van der Waals surface area contributed by atoms with Gasteiger partial charge in [0.05, 0.1) is 17.4 Å².